The second-order valence-corrected chi connectivity index (χ2v) is 5.00. The summed E-state index contributed by atoms with van der Waals surface area (Å²) in [7, 11) is 0. The predicted molar refractivity (Wildman–Crippen MR) is 79.6 cm³/mol. The lowest BCUT2D eigenvalue weighted by molar-refractivity contribution is -0.137. The molecule has 1 aromatic heterocycles. The molecule has 9 heteroatoms. The fourth-order valence-electron chi connectivity index (χ4n) is 1.64. The largest absolute Gasteiger partial charge is 0.452 e. The fraction of sp³-hybridized carbons (Fsp3) is 0.133. The van der Waals surface area contributed by atoms with Gasteiger partial charge in [-0.25, -0.2) is 9.78 Å². The van der Waals surface area contributed by atoms with Crippen LogP contribution in [0.3, 0.4) is 0 Å². The molecule has 0 aliphatic carbocycles. The zero-order valence-electron chi connectivity index (χ0n) is 11.9. The second kappa shape index (κ2) is 7.31. The van der Waals surface area contributed by atoms with Crippen molar-refractivity contribution in [3.63, 3.8) is 0 Å². The van der Waals surface area contributed by atoms with Crippen LogP contribution in [0.5, 0.6) is 0 Å². The molecular formula is C15H10ClF3N2O3. The van der Waals surface area contributed by atoms with Gasteiger partial charge in [0.25, 0.3) is 5.91 Å². The summed E-state index contributed by atoms with van der Waals surface area (Å²) in [5.41, 5.74) is -0.981. The molecule has 24 heavy (non-hydrogen) atoms. The van der Waals surface area contributed by atoms with E-state index in [1.165, 1.54) is 18.3 Å². The van der Waals surface area contributed by atoms with Gasteiger partial charge in [-0.3, -0.25) is 4.79 Å². The minimum atomic E-state index is -4.49. The third kappa shape index (κ3) is 4.95. The maximum absolute atomic E-state index is 12.4. The summed E-state index contributed by atoms with van der Waals surface area (Å²) in [5, 5.41) is 2.76. The van der Waals surface area contributed by atoms with Crippen LogP contribution in [0.25, 0.3) is 0 Å². The molecule has 2 aromatic rings. The zero-order chi connectivity index (χ0) is 17.7. The second-order valence-electron chi connectivity index (χ2n) is 4.56. The number of ether oxygens (including phenoxy) is 1. The monoisotopic (exact) mass is 358 g/mol. The van der Waals surface area contributed by atoms with Crippen molar-refractivity contribution in [1.82, 2.24) is 4.98 Å². The number of rotatable bonds is 4. The lowest BCUT2D eigenvalue weighted by Gasteiger charge is -2.08. The van der Waals surface area contributed by atoms with E-state index in [4.69, 9.17) is 16.3 Å². The number of anilines is 1. The number of nitrogens with zero attached hydrogens (tertiary/aromatic N) is 1. The van der Waals surface area contributed by atoms with Gasteiger partial charge in [0.1, 0.15) is 5.82 Å². The highest BCUT2D eigenvalue weighted by molar-refractivity contribution is 6.30. The van der Waals surface area contributed by atoms with E-state index in [2.05, 4.69) is 10.3 Å². The van der Waals surface area contributed by atoms with E-state index in [9.17, 15) is 22.8 Å². The van der Waals surface area contributed by atoms with Gasteiger partial charge in [0.05, 0.1) is 16.1 Å². The molecule has 0 spiro atoms. The molecule has 0 saturated carbocycles. The molecule has 1 heterocycles. The standard InChI is InChI=1S/C15H10ClF3N2O3/c16-11-5-6-12(20-7-11)21-13(22)8-24-14(23)9-1-3-10(4-2-9)15(17,18)19/h1-7H,8H2,(H,20,21,22). The first-order valence-corrected chi connectivity index (χ1v) is 6.89. The summed E-state index contributed by atoms with van der Waals surface area (Å²) >= 11 is 5.64. The van der Waals surface area contributed by atoms with Crippen LogP contribution in [0, 0.1) is 0 Å². The maximum Gasteiger partial charge on any atom is 0.416 e. The van der Waals surface area contributed by atoms with Gasteiger partial charge in [-0.2, -0.15) is 13.2 Å². The van der Waals surface area contributed by atoms with E-state index in [-0.39, 0.29) is 11.4 Å². The number of alkyl halides is 3. The van der Waals surface area contributed by atoms with Crippen molar-refractivity contribution < 1.29 is 27.5 Å². The van der Waals surface area contributed by atoms with Crippen molar-refractivity contribution >= 4 is 29.3 Å². The number of amides is 1. The van der Waals surface area contributed by atoms with E-state index in [0.29, 0.717) is 5.02 Å². The molecule has 1 aromatic carbocycles. The molecule has 0 saturated heterocycles. The van der Waals surface area contributed by atoms with Gasteiger partial charge in [0, 0.05) is 6.20 Å². The molecule has 2 rings (SSSR count). The Hall–Kier alpha value is -2.61. The van der Waals surface area contributed by atoms with Crippen LogP contribution in [-0.4, -0.2) is 23.5 Å². The summed E-state index contributed by atoms with van der Waals surface area (Å²) in [6.45, 7) is -0.607. The third-order valence-corrected chi connectivity index (χ3v) is 3.00. The summed E-state index contributed by atoms with van der Waals surface area (Å²) in [6, 6.07) is 6.44. The lowest BCUT2D eigenvalue weighted by Crippen LogP contribution is -2.21. The Morgan fingerprint density at radius 3 is 2.33 bits per heavy atom. The first-order chi connectivity index (χ1) is 11.3. The molecule has 0 bridgehead atoms. The van der Waals surface area contributed by atoms with E-state index in [1.807, 2.05) is 0 Å². The van der Waals surface area contributed by atoms with E-state index >= 15 is 0 Å². The van der Waals surface area contributed by atoms with Crippen LogP contribution in [0.1, 0.15) is 15.9 Å². The minimum Gasteiger partial charge on any atom is -0.452 e. The van der Waals surface area contributed by atoms with Crippen LogP contribution in [0.15, 0.2) is 42.6 Å². The Bertz CT molecular complexity index is 731. The van der Waals surface area contributed by atoms with Gasteiger partial charge in [-0.1, -0.05) is 11.6 Å². The van der Waals surface area contributed by atoms with Gasteiger partial charge in [0.15, 0.2) is 6.61 Å². The van der Waals surface area contributed by atoms with Crippen LogP contribution in [-0.2, 0) is 15.7 Å². The highest BCUT2D eigenvalue weighted by Crippen LogP contribution is 2.29. The number of aromatic nitrogens is 1. The molecule has 0 aliphatic rings. The molecule has 126 valence electrons. The number of carbonyl (C=O) groups is 2. The van der Waals surface area contributed by atoms with Crippen molar-refractivity contribution in [2.75, 3.05) is 11.9 Å². The Balaban J connectivity index is 1.88. The van der Waals surface area contributed by atoms with E-state index in [0.717, 1.165) is 24.3 Å². The average Bonchev–Trinajstić information content (AvgIpc) is 2.54. The van der Waals surface area contributed by atoms with Crippen LogP contribution in [0.2, 0.25) is 5.02 Å². The number of benzene rings is 1. The molecule has 1 N–H and O–H groups in total. The average molecular weight is 359 g/mol. The van der Waals surface area contributed by atoms with Crippen molar-refractivity contribution in [1.29, 1.82) is 0 Å². The Labute approximate surface area is 139 Å². The number of esters is 1. The molecule has 0 aliphatic heterocycles. The first kappa shape index (κ1) is 17.7. The molecule has 1 amide bonds. The highest BCUT2D eigenvalue weighted by atomic mass is 35.5. The Morgan fingerprint density at radius 2 is 1.79 bits per heavy atom. The SMILES string of the molecule is O=C(COC(=O)c1ccc(C(F)(F)F)cc1)Nc1ccc(Cl)cn1. The molecule has 0 unspecified atom stereocenters. The smallest absolute Gasteiger partial charge is 0.416 e. The van der Waals surface area contributed by atoms with Crippen LogP contribution >= 0.6 is 11.6 Å². The van der Waals surface area contributed by atoms with Gasteiger partial charge in [-0.05, 0) is 36.4 Å². The predicted octanol–water partition coefficient (Wildman–Crippen LogP) is 3.55. The third-order valence-electron chi connectivity index (χ3n) is 2.78. The normalized spacial score (nSPS) is 11.0. The number of hydrogen-bond acceptors (Lipinski definition) is 4. The number of halogens is 4. The number of nitrogens with one attached hydrogen (secondary N) is 1. The van der Waals surface area contributed by atoms with Crippen LogP contribution in [0.4, 0.5) is 19.0 Å². The van der Waals surface area contributed by atoms with E-state index < -0.39 is 30.2 Å². The summed E-state index contributed by atoms with van der Waals surface area (Å²) in [5.74, 6) is -1.34. The van der Waals surface area contributed by atoms with Crippen molar-refractivity contribution in [3.8, 4) is 0 Å². The van der Waals surface area contributed by atoms with Crippen molar-refractivity contribution in [2.45, 2.75) is 6.18 Å². The quantitative estimate of drug-likeness (QED) is 0.849. The summed E-state index contributed by atoms with van der Waals surface area (Å²) in [4.78, 5) is 27.1. The number of carbonyl (C=O) groups excluding carboxylic acids is 2. The lowest BCUT2D eigenvalue weighted by atomic mass is 10.1. The first-order valence-electron chi connectivity index (χ1n) is 6.51. The molecule has 0 atom stereocenters. The molecule has 5 nitrogen and oxygen atoms in total. The van der Waals surface area contributed by atoms with Gasteiger partial charge >= 0.3 is 12.1 Å². The van der Waals surface area contributed by atoms with Crippen molar-refractivity contribution in [3.05, 3.63) is 58.7 Å². The van der Waals surface area contributed by atoms with Crippen LogP contribution < -0.4 is 5.32 Å². The Kier molecular flexibility index (Phi) is 5.40. The van der Waals surface area contributed by atoms with Gasteiger partial charge in [-0.15, -0.1) is 0 Å². The number of hydrogen-bond donors (Lipinski definition) is 1. The highest BCUT2D eigenvalue weighted by Gasteiger charge is 2.30. The van der Waals surface area contributed by atoms with Gasteiger partial charge < -0.3 is 10.1 Å². The maximum atomic E-state index is 12.4. The van der Waals surface area contributed by atoms with Gasteiger partial charge in [0.2, 0.25) is 0 Å². The topological polar surface area (TPSA) is 68.3 Å². The minimum absolute atomic E-state index is 0.0968. The molecular weight excluding hydrogens is 349 g/mol. The summed E-state index contributed by atoms with van der Waals surface area (Å²) in [6.07, 6.45) is -3.17. The number of pyridine rings is 1. The zero-order valence-corrected chi connectivity index (χ0v) is 12.7. The Morgan fingerprint density at radius 1 is 1.12 bits per heavy atom. The molecule has 0 radical (unpaired) electrons. The molecule has 0 fully saturated rings. The fourth-order valence-corrected chi connectivity index (χ4v) is 1.75. The van der Waals surface area contributed by atoms with Crippen molar-refractivity contribution in [2.24, 2.45) is 0 Å². The van der Waals surface area contributed by atoms with E-state index in [1.54, 1.807) is 0 Å². The summed E-state index contributed by atoms with van der Waals surface area (Å²) < 4.78 is 42.0.